The van der Waals surface area contributed by atoms with Crippen molar-refractivity contribution in [3.63, 3.8) is 0 Å². The SMILES string of the molecule is CC(=O)c1sc(C)nc1-c1ccc2c(c1)CCN2C(C)=O. The van der Waals surface area contributed by atoms with Gasteiger partial charge in [0.15, 0.2) is 5.78 Å². The number of ketones is 1. The van der Waals surface area contributed by atoms with Gasteiger partial charge < -0.3 is 4.90 Å². The normalized spacial score (nSPS) is 13.4. The van der Waals surface area contributed by atoms with Crippen molar-refractivity contribution in [1.82, 2.24) is 4.98 Å². The molecule has 0 fully saturated rings. The summed E-state index contributed by atoms with van der Waals surface area (Å²) >= 11 is 1.43. The zero-order valence-electron chi connectivity index (χ0n) is 12.3. The number of carbonyl (C=O) groups excluding carboxylic acids is 2. The van der Waals surface area contributed by atoms with Crippen LogP contribution in [0.3, 0.4) is 0 Å². The fourth-order valence-electron chi connectivity index (χ4n) is 2.74. The lowest BCUT2D eigenvalue weighted by Crippen LogP contribution is -2.25. The highest BCUT2D eigenvalue weighted by atomic mass is 32.1. The summed E-state index contributed by atoms with van der Waals surface area (Å²) in [5, 5.41) is 0.890. The Labute approximate surface area is 127 Å². The van der Waals surface area contributed by atoms with Gasteiger partial charge in [-0.2, -0.15) is 0 Å². The van der Waals surface area contributed by atoms with E-state index in [1.165, 1.54) is 11.3 Å². The third-order valence-corrected chi connectivity index (χ3v) is 4.75. The first-order chi connectivity index (χ1) is 9.97. The van der Waals surface area contributed by atoms with Crippen molar-refractivity contribution in [1.29, 1.82) is 0 Å². The summed E-state index contributed by atoms with van der Waals surface area (Å²) in [4.78, 5) is 30.3. The van der Waals surface area contributed by atoms with Gasteiger partial charge in [0.25, 0.3) is 0 Å². The first kappa shape index (κ1) is 13.9. The number of hydrogen-bond acceptors (Lipinski definition) is 4. The summed E-state index contributed by atoms with van der Waals surface area (Å²) in [5.41, 5.74) is 3.83. The molecule has 4 nitrogen and oxygen atoms in total. The van der Waals surface area contributed by atoms with Crippen molar-refractivity contribution in [3.05, 3.63) is 33.6 Å². The van der Waals surface area contributed by atoms with Gasteiger partial charge in [0.2, 0.25) is 5.91 Å². The van der Waals surface area contributed by atoms with Gasteiger partial charge in [0.05, 0.1) is 15.6 Å². The van der Waals surface area contributed by atoms with E-state index < -0.39 is 0 Å². The van der Waals surface area contributed by atoms with Crippen molar-refractivity contribution >= 4 is 28.7 Å². The third kappa shape index (κ3) is 2.38. The molecule has 0 spiro atoms. The minimum absolute atomic E-state index is 0.0430. The number of nitrogens with zero attached hydrogens (tertiary/aromatic N) is 2. The van der Waals surface area contributed by atoms with Gasteiger partial charge in [-0.15, -0.1) is 11.3 Å². The van der Waals surface area contributed by atoms with Gasteiger partial charge in [-0.05, 0) is 31.0 Å². The molecule has 0 saturated carbocycles. The Hall–Kier alpha value is -2.01. The van der Waals surface area contributed by atoms with E-state index in [9.17, 15) is 9.59 Å². The lowest BCUT2D eigenvalue weighted by molar-refractivity contribution is -0.116. The molecule has 0 unspecified atom stereocenters. The van der Waals surface area contributed by atoms with Crippen LogP contribution in [0.4, 0.5) is 5.69 Å². The van der Waals surface area contributed by atoms with E-state index >= 15 is 0 Å². The van der Waals surface area contributed by atoms with Crippen LogP contribution in [0.1, 0.15) is 34.1 Å². The van der Waals surface area contributed by atoms with Crippen molar-refractivity contribution in [2.24, 2.45) is 0 Å². The molecule has 0 atom stereocenters. The van der Waals surface area contributed by atoms with Crippen molar-refractivity contribution in [2.45, 2.75) is 27.2 Å². The van der Waals surface area contributed by atoms with Crippen molar-refractivity contribution in [3.8, 4) is 11.3 Å². The highest BCUT2D eigenvalue weighted by molar-refractivity contribution is 7.14. The molecule has 1 amide bonds. The summed E-state index contributed by atoms with van der Waals surface area (Å²) < 4.78 is 0. The van der Waals surface area contributed by atoms with E-state index in [1.54, 1.807) is 18.7 Å². The van der Waals surface area contributed by atoms with E-state index in [1.807, 2.05) is 19.1 Å². The van der Waals surface area contributed by atoms with E-state index in [0.29, 0.717) is 4.88 Å². The molecule has 21 heavy (non-hydrogen) atoms. The Kier molecular flexibility index (Phi) is 3.37. The van der Waals surface area contributed by atoms with E-state index in [4.69, 9.17) is 0 Å². The lowest BCUT2D eigenvalue weighted by atomic mass is 10.0. The molecule has 0 radical (unpaired) electrons. The lowest BCUT2D eigenvalue weighted by Gasteiger charge is -2.14. The third-order valence-electron chi connectivity index (χ3n) is 3.68. The second-order valence-electron chi connectivity index (χ2n) is 5.23. The van der Waals surface area contributed by atoms with Crippen molar-refractivity contribution < 1.29 is 9.59 Å². The average Bonchev–Trinajstić information content (AvgIpc) is 3.01. The highest BCUT2D eigenvalue weighted by Gasteiger charge is 2.23. The molecule has 1 aromatic carbocycles. The summed E-state index contributed by atoms with van der Waals surface area (Å²) in [5.74, 6) is 0.108. The maximum absolute atomic E-state index is 11.7. The van der Waals surface area contributed by atoms with Gasteiger partial charge in [0.1, 0.15) is 0 Å². The highest BCUT2D eigenvalue weighted by Crippen LogP contribution is 2.34. The second kappa shape index (κ2) is 5.07. The number of anilines is 1. The fraction of sp³-hybridized carbons (Fsp3) is 0.312. The maximum Gasteiger partial charge on any atom is 0.223 e. The van der Waals surface area contributed by atoms with Gasteiger partial charge >= 0.3 is 0 Å². The minimum Gasteiger partial charge on any atom is -0.312 e. The Bertz CT molecular complexity index is 749. The number of carbonyl (C=O) groups is 2. The van der Waals surface area contributed by atoms with E-state index in [0.717, 1.165) is 40.5 Å². The van der Waals surface area contributed by atoms with Crippen LogP contribution in [-0.4, -0.2) is 23.2 Å². The zero-order chi connectivity index (χ0) is 15.1. The monoisotopic (exact) mass is 300 g/mol. The smallest absolute Gasteiger partial charge is 0.223 e. The Balaban J connectivity index is 2.07. The van der Waals surface area contributed by atoms with E-state index in [-0.39, 0.29) is 11.7 Å². The largest absolute Gasteiger partial charge is 0.312 e. The van der Waals surface area contributed by atoms with Crippen molar-refractivity contribution in [2.75, 3.05) is 11.4 Å². The molecule has 0 aliphatic carbocycles. The Morgan fingerprint density at radius 1 is 1.29 bits per heavy atom. The number of benzene rings is 1. The van der Waals surface area contributed by atoms with Crippen LogP contribution in [-0.2, 0) is 11.2 Å². The quantitative estimate of drug-likeness (QED) is 0.800. The number of hydrogen-bond donors (Lipinski definition) is 0. The number of thiazole rings is 1. The number of fused-ring (bicyclic) bond motifs is 1. The van der Waals surface area contributed by atoms with Gasteiger partial charge in [0, 0.05) is 31.6 Å². The number of aromatic nitrogens is 1. The molecule has 0 saturated heterocycles. The maximum atomic E-state index is 11.7. The average molecular weight is 300 g/mol. The molecule has 0 N–H and O–H groups in total. The predicted octanol–water partition coefficient (Wildman–Crippen LogP) is 3.23. The van der Waals surface area contributed by atoms with Gasteiger partial charge in [-0.1, -0.05) is 6.07 Å². The number of rotatable bonds is 2. The zero-order valence-corrected chi connectivity index (χ0v) is 13.1. The molecule has 1 aliphatic heterocycles. The van der Waals surface area contributed by atoms with Crippen LogP contribution >= 0.6 is 11.3 Å². The van der Waals surface area contributed by atoms with Gasteiger partial charge in [-0.25, -0.2) is 4.98 Å². The molecule has 108 valence electrons. The first-order valence-corrected chi connectivity index (χ1v) is 7.69. The Morgan fingerprint density at radius 2 is 2.05 bits per heavy atom. The van der Waals surface area contributed by atoms with Crippen LogP contribution in [0, 0.1) is 6.92 Å². The molecule has 5 heteroatoms. The molecule has 1 aliphatic rings. The molecule has 1 aromatic heterocycles. The number of aryl methyl sites for hydroxylation is 1. The standard InChI is InChI=1S/C16H16N2O2S/c1-9(19)16-15(17-10(2)21-16)13-4-5-14-12(8-13)6-7-18(14)11(3)20/h4-5,8H,6-7H2,1-3H3. The van der Waals surface area contributed by atoms with Crippen LogP contribution in [0.2, 0.25) is 0 Å². The summed E-state index contributed by atoms with van der Waals surface area (Å²) in [7, 11) is 0. The summed E-state index contributed by atoms with van der Waals surface area (Å²) in [6.45, 7) is 5.79. The second-order valence-corrected chi connectivity index (χ2v) is 6.43. The van der Waals surface area contributed by atoms with Crippen LogP contribution in [0.5, 0.6) is 0 Å². The Morgan fingerprint density at radius 3 is 2.71 bits per heavy atom. The molecule has 2 aromatic rings. The minimum atomic E-state index is 0.0430. The molecule has 0 bridgehead atoms. The topological polar surface area (TPSA) is 50.3 Å². The van der Waals surface area contributed by atoms with Crippen LogP contribution < -0.4 is 4.90 Å². The van der Waals surface area contributed by atoms with Gasteiger partial charge in [-0.3, -0.25) is 9.59 Å². The molecular formula is C16H16N2O2S. The summed E-state index contributed by atoms with van der Waals surface area (Å²) in [6.07, 6.45) is 0.848. The van der Waals surface area contributed by atoms with Crippen LogP contribution in [0.25, 0.3) is 11.3 Å². The first-order valence-electron chi connectivity index (χ1n) is 6.87. The fourth-order valence-corrected chi connectivity index (χ4v) is 3.57. The van der Waals surface area contributed by atoms with Crippen LogP contribution in [0.15, 0.2) is 18.2 Å². The number of amides is 1. The summed E-state index contributed by atoms with van der Waals surface area (Å²) in [6, 6.07) is 5.96. The molecule has 2 heterocycles. The predicted molar refractivity (Wildman–Crippen MR) is 84.0 cm³/mol. The van der Waals surface area contributed by atoms with E-state index in [2.05, 4.69) is 11.1 Å². The molecular weight excluding hydrogens is 284 g/mol. The number of Topliss-reactive ketones (excluding diaryl/α,β-unsaturated/α-hetero) is 1. The molecule has 3 rings (SSSR count).